The molecular weight excluding hydrogens is 799 g/mol. The molecule has 0 saturated carbocycles. The summed E-state index contributed by atoms with van der Waals surface area (Å²) in [5.41, 5.74) is 2.85. The van der Waals surface area contributed by atoms with Crippen LogP contribution in [0.15, 0.2) is 140 Å². The number of carbonyl (C=O) groups is 2. The number of hydrogen-bond acceptors (Lipinski definition) is 13. The highest BCUT2D eigenvalue weighted by molar-refractivity contribution is 6.21. The van der Waals surface area contributed by atoms with Gasteiger partial charge in [0.1, 0.15) is 60.3 Å². The van der Waals surface area contributed by atoms with Gasteiger partial charge in [0.15, 0.2) is 12.6 Å². The van der Waals surface area contributed by atoms with Gasteiger partial charge in [0, 0.05) is 5.56 Å². The third-order valence-corrected chi connectivity index (χ3v) is 11.4. The van der Waals surface area contributed by atoms with Gasteiger partial charge in [0.25, 0.3) is 11.8 Å². The molecule has 0 bridgehead atoms. The third-order valence-electron chi connectivity index (χ3n) is 11.4. The van der Waals surface area contributed by atoms with Crippen LogP contribution in [0.5, 0.6) is 11.5 Å². The fourth-order valence-electron chi connectivity index (χ4n) is 8.28. The minimum absolute atomic E-state index is 0.0157. The summed E-state index contributed by atoms with van der Waals surface area (Å²) in [6.45, 7) is 0.144. The molecule has 62 heavy (non-hydrogen) atoms. The first-order valence-electron chi connectivity index (χ1n) is 20.6. The topological polar surface area (TPSA) is 161 Å². The van der Waals surface area contributed by atoms with Crippen LogP contribution in [-0.4, -0.2) is 109 Å². The standard InChI is InChI=1S/C48H47NO13/c1-54-32-21-23-33(24-22-32)58-47-38(49-44(52)34-19-11-12-20-35(34)45(49)53)43(56-26-30-15-7-3-8-16-30)42(36(59-47)27-55-25-29-13-5-2-6-14-29)62-48-40(51)39(50)41-37(60-48)28-57-46(61-41)31-17-9-4-10-18-31/h2-24,36-43,46-48,50-51H,25-28H2,1H3/t36-,37-,38-,39-,40+,41-,42-,43-,46?,47-,48+/m1/s1. The lowest BCUT2D eigenvalue weighted by Gasteiger charge is -2.51. The van der Waals surface area contributed by atoms with Crippen molar-refractivity contribution in [1.29, 1.82) is 0 Å². The van der Waals surface area contributed by atoms with Crippen LogP contribution in [0, 0.1) is 0 Å². The Hall–Kier alpha value is -5.52. The van der Waals surface area contributed by atoms with Gasteiger partial charge in [0.2, 0.25) is 6.29 Å². The first-order chi connectivity index (χ1) is 30.4. The van der Waals surface area contributed by atoms with E-state index in [0.29, 0.717) is 11.5 Å². The SMILES string of the molecule is COc1ccc(O[C@@H]2O[C@H](COCc3ccccc3)[C@@H](O[C@@H]3O[C@@H]4COC(c5ccccc5)O[C@H]4[C@H](O)[C@@H]3O)[C@H](OCc3ccccc3)[C@H]2N2C(=O)c3ccccc3C2=O)cc1. The van der Waals surface area contributed by atoms with E-state index in [9.17, 15) is 19.8 Å². The van der Waals surface area contributed by atoms with Crippen molar-refractivity contribution in [1.82, 2.24) is 4.90 Å². The van der Waals surface area contributed by atoms with Crippen LogP contribution in [0.1, 0.15) is 43.7 Å². The number of methoxy groups -OCH3 is 1. The van der Waals surface area contributed by atoms with Crippen molar-refractivity contribution in [3.05, 3.63) is 167 Å². The van der Waals surface area contributed by atoms with Crippen molar-refractivity contribution in [3.63, 3.8) is 0 Å². The fraction of sp³-hybridized carbons (Fsp3) is 0.333. The maximum atomic E-state index is 14.4. The second kappa shape index (κ2) is 18.8. The largest absolute Gasteiger partial charge is 0.497 e. The van der Waals surface area contributed by atoms with Crippen LogP contribution in [0.25, 0.3) is 0 Å². The highest BCUT2D eigenvalue weighted by atomic mass is 16.8. The summed E-state index contributed by atoms with van der Waals surface area (Å²) in [4.78, 5) is 30.0. The molecule has 0 aromatic heterocycles. The molecule has 3 fully saturated rings. The molecule has 4 aliphatic rings. The van der Waals surface area contributed by atoms with Gasteiger partial charge in [0.05, 0.1) is 44.7 Å². The van der Waals surface area contributed by atoms with E-state index >= 15 is 0 Å². The molecule has 3 saturated heterocycles. The molecule has 4 heterocycles. The molecule has 0 radical (unpaired) electrons. The molecule has 1 unspecified atom stereocenters. The van der Waals surface area contributed by atoms with Gasteiger partial charge in [-0.3, -0.25) is 14.5 Å². The van der Waals surface area contributed by atoms with E-state index in [1.807, 2.05) is 91.0 Å². The predicted molar refractivity (Wildman–Crippen MR) is 220 cm³/mol. The van der Waals surface area contributed by atoms with Gasteiger partial charge in [-0.25, -0.2) is 0 Å². The number of imide groups is 1. The molecule has 4 aliphatic heterocycles. The molecule has 14 nitrogen and oxygen atoms in total. The molecule has 2 N–H and O–H groups in total. The highest BCUT2D eigenvalue weighted by Gasteiger charge is 2.58. The molecule has 9 rings (SSSR count). The lowest BCUT2D eigenvalue weighted by molar-refractivity contribution is -0.382. The Morgan fingerprint density at radius 1 is 0.645 bits per heavy atom. The lowest BCUT2D eigenvalue weighted by atomic mass is 9.93. The van der Waals surface area contributed by atoms with Crippen molar-refractivity contribution < 1.29 is 62.4 Å². The van der Waals surface area contributed by atoms with Gasteiger partial charge in [-0.15, -0.1) is 0 Å². The molecular formula is C48H47NO13. The zero-order valence-corrected chi connectivity index (χ0v) is 33.8. The first-order valence-corrected chi connectivity index (χ1v) is 20.6. The van der Waals surface area contributed by atoms with Crippen LogP contribution < -0.4 is 9.47 Å². The second-order valence-corrected chi connectivity index (χ2v) is 15.4. The number of carbonyl (C=O) groups excluding carboxylic acids is 2. The van der Waals surface area contributed by atoms with E-state index in [1.165, 1.54) is 0 Å². The zero-order valence-electron chi connectivity index (χ0n) is 33.8. The number of fused-ring (bicyclic) bond motifs is 2. The van der Waals surface area contributed by atoms with Gasteiger partial charge < -0.3 is 52.8 Å². The van der Waals surface area contributed by atoms with Gasteiger partial charge in [-0.1, -0.05) is 103 Å². The van der Waals surface area contributed by atoms with E-state index in [0.717, 1.165) is 21.6 Å². The van der Waals surface area contributed by atoms with Gasteiger partial charge >= 0.3 is 0 Å². The predicted octanol–water partition coefficient (Wildman–Crippen LogP) is 5.21. The highest BCUT2D eigenvalue weighted by Crippen LogP contribution is 2.40. The minimum Gasteiger partial charge on any atom is -0.497 e. The van der Waals surface area contributed by atoms with E-state index in [2.05, 4.69) is 0 Å². The molecule has 2 amide bonds. The minimum atomic E-state index is -1.63. The molecule has 11 atom stereocenters. The quantitative estimate of drug-likeness (QED) is 0.140. The van der Waals surface area contributed by atoms with E-state index in [4.69, 9.17) is 42.6 Å². The van der Waals surface area contributed by atoms with E-state index < -0.39 is 79.5 Å². The Balaban J connectivity index is 1.08. The lowest BCUT2D eigenvalue weighted by Crippen LogP contribution is -2.69. The number of aliphatic hydroxyl groups excluding tert-OH is 2. The Kier molecular flexibility index (Phi) is 12.7. The maximum Gasteiger partial charge on any atom is 0.262 e. The summed E-state index contributed by atoms with van der Waals surface area (Å²) in [5.74, 6) is -0.215. The summed E-state index contributed by atoms with van der Waals surface area (Å²) in [7, 11) is 1.55. The van der Waals surface area contributed by atoms with Crippen LogP contribution >= 0.6 is 0 Å². The number of aliphatic hydroxyl groups is 2. The van der Waals surface area contributed by atoms with E-state index in [1.54, 1.807) is 55.6 Å². The van der Waals surface area contributed by atoms with Crippen molar-refractivity contribution in [2.24, 2.45) is 0 Å². The first kappa shape index (κ1) is 41.8. The van der Waals surface area contributed by atoms with Crippen molar-refractivity contribution >= 4 is 11.8 Å². The van der Waals surface area contributed by atoms with Crippen molar-refractivity contribution in [3.8, 4) is 11.5 Å². The molecule has 14 heteroatoms. The second-order valence-electron chi connectivity index (χ2n) is 15.4. The van der Waals surface area contributed by atoms with Crippen LogP contribution in [-0.2, 0) is 46.4 Å². The molecule has 0 spiro atoms. The van der Waals surface area contributed by atoms with E-state index in [-0.39, 0.29) is 37.6 Å². The average molecular weight is 846 g/mol. The Morgan fingerprint density at radius 2 is 1.24 bits per heavy atom. The molecule has 5 aromatic rings. The molecule has 0 aliphatic carbocycles. The summed E-state index contributed by atoms with van der Waals surface area (Å²) in [5, 5.41) is 23.4. The van der Waals surface area contributed by atoms with Crippen molar-refractivity contribution in [2.75, 3.05) is 20.3 Å². The Morgan fingerprint density at radius 3 is 1.89 bits per heavy atom. The zero-order chi connectivity index (χ0) is 42.6. The number of amides is 2. The summed E-state index contributed by atoms with van der Waals surface area (Å²) >= 11 is 0. The van der Waals surface area contributed by atoms with Crippen LogP contribution in [0.3, 0.4) is 0 Å². The number of hydrogen-bond donors (Lipinski definition) is 2. The number of rotatable bonds is 14. The number of benzene rings is 5. The monoisotopic (exact) mass is 845 g/mol. The third kappa shape index (κ3) is 8.75. The summed E-state index contributed by atoms with van der Waals surface area (Å²) < 4.78 is 57.2. The Bertz CT molecular complexity index is 2230. The Labute approximate surface area is 358 Å². The maximum absolute atomic E-state index is 14.4. The summed E-state index contributed by atoms with van der Waals surface area (Å²) in [6.07, 6.45) is -12.0. The van der Waals surface area contributed by atoms with Crippen molar-refractivity contribution in [2.45, 2.75) is 80.9 Å². The fourth-order valence-corrected chi connectivity index (χ4v) is 8.28. The van der Waals surface area contributed by atoms with Gasteiger partial charge in [-0.2, -0.15) is 0 Å². The average Bonchev–Trinajstić information content (AvgIpc) is 3.57. The number of nitrogens with zero attached hydrogens (tertiary/aromatic N) is 1. The smallest absolute Gasteiger partial charge is 0.262 e. The van der Waals surface area contributed by atoms with Gasteiger partial charge in [-0.05, 0) is 47.5 Å². The molecule has 5 aromatic carbocycles. The van der Waals surface area contributed by atoms with Crippen LogP contribution in [0.4, 0.5) is 0 Å². The summed E-state index contributed by atoms with van der Waals surface area (Å²) in [6, 6.07) is 40.3. The van der Waals surface area contributed by atoms with Crippen LogP contribution in [0.2, 0.25) is 0 Å². The molecule has 322 valence electrons. The number of ether oxygens (including phenoxy) is 9. The normalized spacial score (nSPS) is 29.5.